The molecule has 1 atom stereocenters. The van der Waals surface area contributed by atoms with Gasteiger partial charge in [0.05, 0.1) is 6.61 Å². The van der Waals surface area contributed by atoms with E-state index in [0.29, 0.717) is 30.5 Å². The van der Waals surface area contributed by atoms with Gasteiger partial charge < -0.3 is 10.1 Å². The normalized spacial score (nSPS) is 20.9. The quantitative estimate of drug-likeness (QED) is 0.907. The first-order valence-electron chi connectivity index (χ1n) is 7.91. The van der Waals surface area contributed by atoms with Crippen LogP contribution in [0.3, 0.4) is 0 Å². The second-order valence-electron chi connectivity index (χ2n) is 6.05. The van der Waals surface area contributed by atoms with Crippen molar-refractivity contribution in [3.63, 3.8) is 0 Å². The topological polar surface area (TPSA) is 38.3 Å². The van der Waals surface area contributed by atoms with Crippen molar-refractivity contribution in [3.8, 4) is 5.75 Å². The highest BCUT2D eigenvalue weighted by molar-refractivity contribution is 6.30. The molecule has 1 fully saturated rings. The maximum absolute atomic E-state index is 12.2. The summed E-state index contributed by atoms with van der Waals surface area (Å²) in [5.41, 5.74) is 2.09. The van der Waals surface area contributed by atoms with Crippen LogP contribution in [0, 0.1) is 0 Å². The summed E-state index contributed by atoms with van der Waals surface area (Å²) in [6.07, 6.45) is 6.65. The van der Waals surface area contributed by atoms with E-state index in [9.17, 15) is 4.79 Å². The van der Waals surface area contributed by atoms with Crippen molar-refractivity contribution >= 4 is 17.4 Å². The molecule has 2 heterocycles. The molecule has 1 unspecified atom stereocenters. The van der Waals surface area contributed by atoms with E-state index in [4.69, 9.17) is 16.3 Å². The number of halogens is 1. The van der Waals surface area contributed by atoms with Crippen molar-refractivity contribution in [2.45, 2.75) is 51.0 Å². The number of rotatable bonds is 5. The highest BCUT2D eigenvalue weighted by atomic mass is 35.5. The highest BCUT2D eigenvalue weighted by Gasteiger charge is 2.20. The average Bonchev–Trinajstić information content (AvgIpc) is 2.94. The van der Waals surface area contributed by atoms with Gasteiger partial charge in [-0.25, -0.2) is 0 Å². The lowest BCUT2D eigenvalue weighted by Gasteiger charge is -2.23. The Morgan fingerprint density at radius 1 is 1.38 bits per heavy atom. The van der Waals surface area contributed by atoms with E-state index in [-0.39, 0.29) is 5.78 Å². The third kappa shape index (κ3) is 3.78. The Bertz CT molecular complexity index is 524. The summed E-state index contributed by atoms with van der Waals surface area (Å²) in [6, 6.07) is 4.34. The standard InChI is InChI=1S/C17H22ClNO2/c18-14-9-12-6-8-21-17(12)13(10-14)11-16(20)5-4-15-3-1-2-7-19-15/h9-10,15,19H,1-8,11H2. The van der Waals surface area contributed by atoms with Crippen LogP contribution in [0.15, 0.2) is 12.1 Å². The molecule has 1 N–H and O–H groups in total. The Labute approximate surface area is 131 Å². The van der Waals surface area contributed by atoms with Crippen molar-refractivity contribution in [2.75, 3.05) is 13.2 Å². The number of benzene rings is 1. The molecule has 2 aliphatic heterocycles. The molecule has 0 bridgehead atoms. The van der Waals surface area contributed by atoms with Gasteiger partial charge in [-0.1, -0.05) is 18.0 Å². The molecule has 114 valence electrons. The van der Waals surface area contributed by atoms with Gasteiger partial charge in [0.15, 0.2) is 0 Å². The second-order valence-corrected chi connectivity index (χ2v) is 6.49. The van der Waals surface area contributed by atoms with Crippen LogP contribution in [-0.4, -0.2) is 25.0 Å². The van der Waals surface area contributed by atoms with Gasteiger partial charge >= 0.3 is 0 Å². The Hall–Kier alpha value is -1.06. The van der Waals surface area contributed by atoms with Gasteiger partial charge in [0, 0.05) is 35.9 Å². The maximum Gasteiger partial charge on any atom is 0.137 e. The molecule has 0 aromatic heterocycles. The van der Waals surface area contributed by atoms with Crippen LogP contribution in [-0.2, 0) is 17.6 Å². The monoisotopic (exact) mass is 307 g/mol. The fourth-order valence-electron chi connectivity index (χ4n) is 3.28. The number of Topliss-reactive ketones (excluding diaryl/α,β-unsaturated/α-hetero) is 1. The van der Waals surface area contributed by atoms with E-state index in [0.717, 1.165) is 36.3 Å². The van der Waals surface area contributed by atoms with Gasteiger partial charge in [-0.3, -0.25) is 4.79 Å². The minimum absolute atomic E-state index is 0.280. The molecule has 3 nitrogen and oxygen atoms in total. The number of ether oxygens (including phenoxy) is 1. The lowest BCUT2D eigenvalue weighted by Crippen LogP contribution is -2.34. The molecule has 2 aliphatic rings. The third-order valence-corrected chi connectivity index (χ3v) is 4.62. The zero-order valence-electron chi connectivity index (χ0n) is 12.3. The number of carbonyl (C=O) groups is 1. The third-order valence-electron chi connectivity index (χ3n) is 4.40. The predicted molar refractivity (Wildman–Crippen MR) is 84.2 cm³/mol. The molecule has 0 amide bonds. The summed E-state index contributed by atoms with van der Waals surface area (Å²) in [6.45, 7) is 1.79. The number of fused-ring (bicyclic) bond motifs is 1. The zero-order chi connectivity index (χ0) is 14.7. The number of carbonyl (C=O) groups excluding carboxylic acids is 1. The minimum Gasteiger partial charge on any atom is -0.493 e. The maximum atomic E-state index is 12.2. The van der Waals surface area contributed by atoms with Crippen LogP contribution in [0.25, 0.3) is 0 Å². The summed E-state index contributed by atoms with van der Waals surface area (Å²) in [4.78, 5) is 12.2. The molecular weight excluding hydrogens is 286 g/mol. The number of ketones is 1. The number of hydrogen-bond donors (Lipinski definition) is 1. The smallest absolute Gasteiger partial charge is 0.137 e. The highest BCUT2D eigenvalue weighted by Crippen LogP contribution is 2.33. The first-order chi connectivity index (χ1) is 10.2. The van der Waals surface area contributed by atoms with Crippen LogP contribution in [0.2, 0.25) is 5.02 Å². The Kier molecular flexibility index (Phi) is 4.81. The molecule has 0 radical (unpaired) electrons. The van der Waals surface area contributed by atoms with Gasteiger partial charge in [0.2, 0.25) is 0 Å². The van der Waals surface area contributed by atoms with Crippen molar-refractivity contribution < 1.29 is 9.53 Å². The SMILES string of the molecule is O=C(CCC1CCCCN1)Cc1cc(Cl)cc2c1OCC2. The van der Waals surface area contributed by atoms with E-state index in [1.165, 1.54) is 19.3 Å². The summed E-state index contributed by atoms with van der Waals surface area (Å²) in [5, 5.41) is 4.20. The van der Waals surface area contributed by atoms with Crippen molar-refractivity contribution in [3.05, 3.63) is 28.3 Å². The first kappa shape index (κ1) is 14.9. The Balaban J connectivity index is 1.57. The molecule has 1 aromatic carbocycles. The Morgan fingerprint density at radius 2 is 2.29 bits per heavy atom. The second kappa shape index (κ2) is 6.80. The largest absolute Gasteiger partial charge is 0.493 e. The van der Waals surface area contributed by atoms with Crippen molar-refractivity contribution in [2.24, 2.45) is 0 Å². The van der Waals surface area contributed by atoms with E-state index in [2.05, 4.69) is 5.32 Å². The molecule has 1 aromatic rings. The summed E-state index contributed by atoms with van der Waals surface area (Å²) < 4.78 is 5.66. The fourth-order valence-corrected chi connectivity index (χ4v) is 3.55. The Morgan fingerprint density at radius 3 is 3.10 bits per heavy atom. The summed E-state index contributed by atoms with van der Waals surface area (Å²) >= 11 is 6.13. The van der Waals surface area contributed by atoms with Gasteiger partial charge in [-0.2, -0.15) is 0 Å². The van der Waals surface area contributed by atoms with E-state index in [1.807, 2.05) is 12.1 Å². The van der Waals surface area contributed by atoms with Crippen LogP contribution in [0.1, 0.15) is 43.2 Å². The van der Waals surface area contributed by atoms with E-state index >= 15 is 0 Å². The van der Waals surface area contributed by atoms with Gasteiger partial charge in [-0.15, -0.1) is 0 Å². The molecule has 3 rings (SSSR count). The van der Waals surface area contributed by atoms with Crippen LogP contribution >= 0.6 is 11.6 Å². The van der Waals surface area contributed by atoms with Gasteiger partial charge in [0.1, 0.15) is 11.5 Å². The van der Waals surface area contributed by atoms with Crippen LogP contribution in [0.5, 0.6) is 5.75 Å². The molecular formula is C17H22ClNO2. The van der Waals surface area contributed by atoms with Gasteiger partial charge in [0.25, 0.3) is 0 Å². The summed E-state index contributed by atoms with van der Waals surface area (Å²) in [7, 11) is 0. The van der Waals surface area contributed by atoms with Crippen molar-refractivity contribution in [1.29, 1.82) is 0 Å². The molecule has 1 saturated heterocycles. The summed E-state index contributed by atoms with van der Waals surface area (Å²) in [5.74, 6) is 1.17. The van der Waals surface area contributed by atoms with E-state index in [1.54, 1.807) is 0 Å². The number of piperidine rings is 1. The number of hydrogen-bond acceptors (Lipinski definition) is 3. The number of nitrogens with one attached hydrogen (secondary N) is 1. The first-order valence-corrected chi connectivity index (χ1v) is 8.29. The van der Waals surface area contributed by atoms with Crippen molar-refractivity contribution in [1.82, 2.24) is 5.32 Å². The zero-order valence-corrected chi connectivity index (χ0v) is 13.0. The molecule has 0 aliphatic carbocycles. The minimum atomic E-state index is 0.280. The fraction of sp³-hybridized carbons (Fsp3) is 0.588. The lowest BCUT2D eigenvalue weighted by atomic mass is 9.96. The van der Waals surface area contributed by atoms with Gasteiger partial charge in [-0.05, 0) is 43.5 Å². The molecule has 21 heavy (non-hydrogen) atoms. The van der Waals surface area contributed by atoms with E-state index < -0.39 is 0 Å². The van der Waals surface area contributed by atoms with Crippen LogP contribution in [0.4, 0.5) is 0 Å². The average molecular weight is 308 g/mol. The lowest BCUT2D eigenvalue weighted by molar-refractivity contribution is -0.118. The molecule has 0 spiro atoms. The molecule has 4 heteroatoms. The molecule has 0 saturated carbocycles. The van der Waals surface area contributed by atoms with Crippen LogP contribution < -0.4 is 10.1 Å². The predicted octanol–water partition coefficient (Wildman–Crippen LogP) is 3.31.